The van der Waals surface area contributed by atoms with Crippen LogP contribution in [-0.2, 0) is 31.5 Å². The molecule has 0 rings (SSSR count). The van der Waals surface area contributed by atoms with Gasteiger partial charge in [-0.05, 0) is 0 Å². The van der Waals surface area contributed by atoms with Crippen molar-refractivity contribution in [1.29, 1.82) is 0 Å². The summed E-state index contributed by atoms with van der Waals surface area (Å²) in [6.45, 7) is 0. The van der Waals surface area contributed by atoms with Crippen LogP contribution < -0.4 is 103 Å². The van der Waals surface area contributed by atoms with E-state index in [1.54, 1.807) is 0 Å². The molecule has 0 atom stereocenters. The number of carboxylic acids is 3. The van der Waals surface area contributed by atoms with Gasteiger partial charge in [-0.2, -0.15) is 0 Å². The van der Waals surface area contributed by atoms with Crippen LogP contribution in [0.5, 0.6) is 0 Å². The van der Waals surface area contributed by atoms with Gasteiger partial charge < -0.3 is 23.3 Å². The summed E-state index contributed by atoms with van der Waals surface area (Å²) in [5.41, 5.74) is -2.74. The molecule has 0 spiro atoms. The topological polar surface area (TPSA) is 132 Å². The van der Waals surface area contributed by atoms with Gasteiger partial charge in [0.05, 0.1) is 12.8 Å². The molecular formula is C6H10CuK2O7. The Kier molecular flexibility index (Phi) is 20.4. The van der Waals surface area contributed by atoms with Crippen LogP contribution in [0.3, 0.4) is 0 Å². The predicted molar refractivity (Wildman–Crippen MR) is 39.3 cm³/mol. The van der Waals surface area contributed by atoms with Crippen LogP contribution in [0, 0.1) is 0 Å². The van der Waals surface area contributed by atoms with Gasteiger partial charge in [-0.25, -0.2) is 4.79 Å². The summed E-state index contributed by atoms with van der Waals surface area (Å²) >= 11 is 0. The van der Waals surface area contributed by atoms with E-state index in [4.69, 9.17) is 20.4 Å². The zero-order valence-electron chi connectivity index (χ0n) is 10.7. The summed E-state index contributed by atoms with van der Waals surface area (Å²) in [7, 11) is 0. The summed E-state index contributed by atoms with van der Waals surface area (Å²) < 4.78 is 0. The summed E-state index contributed by atoms with van der Waals surface area (Å²) in [5, 5.41) is 33.8. The van der Waals surface area contributed by atoms with Gasteiger partial charge in [-0.3, -0.25) is 9.59 Å². The largest absolute Gasteiger partial charge is 1.00 e. The number of aliphatic hydroxyl groups is 1. The first kappa shape index (κ1) is 26.7. The molecule has 0 heterocycles. The van der Waals surface area contributed by atoms with Crippen molar-refractivity contribution in [2.24, 2.45) is 0 Å². The fourth-order valence-electron chi connectivity index (χ4n) is 0.714. The van der Waals surface area contributed by atoms with Crippen LogP contribution in [0.2, 0.25) is 0 Å². The number of aliphatic carboxylic acids is 3. The number of rotatable bonds is 5. The van der Waals surface area contributed by atoms with E-state index in [1.165, 1.54) is 0 Å². The molecule has 7 nitrogen and oxygen atoms in total. The van der Waals surface area contributed by atoms with E-state index >= 15 is 0 Å². The van der Waals surface area contributed by atoms with E-state index in [2.05, 4.69) is 0 Å². The molecule has 0 aromatic heterocycles. The van der Waals surface area contributed by atoms with Gasteiger partial charge in [0.1, 0.15) is 0 Å². The smallest absolute Gasteiger partial charge is 1.00 e. The first-order valence-corrected chi connectivity index (χ1v) is 3.17. The van der Waals surface area contributed by atoms with E-state index in [-0.39, 0.29) is 123 Å². The fraction of sp³-hybridized carbons (Fsp3) is 0.500. The standard InChI is InChI=1S/C6H8O7.Cu.2K.2H/c7-3(8)1-6(13,5(11)12)2-4(9)10;;;;;/h13H,1-2H2,(H,7,8)(H,9,10)(H,11,12);;;;;/q;;2*+1;2*-1. The van der Waals surface area contributed by atoms with Gasteiger partial charge >= 0.3 is 121 Å². The first-order valence-electron chi connectivity index (χ1n) is 3.17. The molecule has 0 aromatic rings. The van der Waals surface area contributed by atoms with Crippen molar-refractivity contribution < 1.29 is 158 Å². The summed E-state index contributed by atoms with van der Waals surface area (Å²) in [6.07, 6.45) is -2.29. The molecule has 0 unspecified atom stereocenters. The van der Waals surface area contributed by atoms with Crippen molar-refractivity contribution in [2.45, 2.75) is 18.4 Å². The molecule has 1 radical (unpaired) electrons. The Morgan fingerprint density at radius 2 is 1.19 bits per heavy atom. The van der Waals surface area contributed by atoms with Crippen molar-refractivity contribution in [2.75, 3.05) is 0 Å². The monoisotopic (exact) mass is 335 g/mol. The third kappa shape index (κ3) is 11.3. The van der Waals surface area contributed by atoms with Gasteiger partial charge in [-0.1, -0.05) is 0 Å². The molecule has 0 aromatic carbocycles. The zero-order valence-corrected chi connectivity index (χ0v) is 15.9. The average molecular weight is 336 g/mol. The number of hydrogen-bond acceptors (Lipinski definition) is 4. The zero-order chi connectivity index (χ0) is 10.6. The minimum atomic E-state index is -2.74. The van der Waals surface area contributed by atoms with E-state index < -0.39 is 36.4 Å². The van der Waals surface area contributed by atoms with Gasteiger partial charge in [0.15, 0.2) is 5.60 Å². The Morgan fingerprint density at radius 3 is 1.31 bits per heavy atom. The van der Waals surface area contributed by atoms with Crippen molar-refractivity contribution in [3.05, 3.63) is 0 Å². The van der Waals surface area contributed by atoms with Crippen LogP contribution in [0.15, 0.2) is 0 Å². The van der Waals surface area contributed by atoms with Crippen LogP contribution in [0.25, 0.3) is 0 Å². The Bertz CT molecular complexity index is 250. The van der Waals surface area contributed by atoms with Gasteiger partial charge in [0, 0.05) is 17.1 Å². The maximum absolute atomic E-state index is 10.3. The molecule has 4 N–H and O–H groups in total. The van der Waals surface area contributed by atoms with Crippen molar-refractivity contribution >= 4 is 17.9 Å². The molecule has 16 heavy (non-hydrogen) atoms. The maximum atomic E-state index is 10.3. The third-order valence-electron chi connectivity index (χ3n) is 1.29. The molecule has 0 aliphatic carbocycles. The minimum absolute atomic E-state index is 0. The second-order valence-corrected chi connectivity index (χ2v) is 2.48. The number of carboxylic acid groups (broad SMARTS) is 3. The van der Waals surface area contributed by atoms with E-state index in [0.717, 1.165) is 0 Å². The fourth-order valence-corrected chi connectivity index (χ4v) is 0.714. The number of carbonyl (C=O) groups is 3. The molecule has 0 bridgehead atoms. The SMILES string of the molecule is O=C(O)CC(O)(CC(=O)O)C(=O)O.[Cu].[H-].[H-].[K+].[K+]. The van der Waals surface area contributed by atoms with Crippen molar-refractivity contribution in [1.82, 2.24) is 0 Å². The quantitative estimate of drug-likeness (QED) is 0.367. The Morgan fingerprint density at radius 1 is 0.938 bits per heavy atom. The van der Waals surface area contributed by atoms with Gasteiger partial charge in [0.2, 0.25) is 0 Å². The molecule has 0 fully saturated rings. The molecule has 10 heteroatoms. The molecule has 0 saturated carbocycles. The van der Waals surface area contributed by atoms with Crippen molar-refractivity contribution in [3.8, 4) is 0 Å². The molecule has 0 aliphatic rings. The predicted octanol–water partition coefficient (Wildman–Crippen LogP) is -7.02. The Balaban J connectivity index is -0.0000000720. The minimum Gasteiger partial charge on any atom is -1.00 e. The Labute approximate surface area is 190 Å². The van der Waals surface area contributed by atoms with Crippen LogP contribution in [0.1, 0.15) is 15.7 Å². The molecule has 89 valence electrons. The second-order valence-electron chi connectivity index (χ2n) is 2.48. The van der Waals surface area contributed by atoms with Crippen LogP contribution >= 0.6 is 0 Å². The normalized spacial score (nSPS) is 8.81. The summed E-state index contributed by atoms with van der Waals surface area (Å²) in [5.74, 6) is -5.02. The second kappa shape index (κ2) is 12.2. The first-order chi connectivity index (χ1) is 5.78. The third-order valence-corrected chi connectivity index (χ3v) is 1.29. The van der Waals surface area contributed by atoms with Crippen molar-refractivity contribution in [3.63, 3.8) is 0 Å². The Hall–Kier alpha value is 2.16. The summed E-state index contributed by atoms with van der Waals surface area (Å²) in [4.78, 5) is 30.5. The van der Waals surface area contributed by atoms with Gasteiger partial charge in [0.25, 0.3) is 0 Å². The van der Waals surface area contributed by atoms with E-state index in [9.17, 15) is 14.4 Å². The van der Waals surface area contributed by atoms with E-state index in [0.29, 0.717) is 0 Å². The molecule has 0 saturated heterocycles. The maximum Gasteiger partial charge on any atom is 1.00 e. The number of hydrogen-bond donors (Lipinski definition) is 4. The summed E-state index contributed by atoms with van der Waals surface area (Å²) in [6, 6.07) is 0. The van der Waals surface area contributed by atoms with E-state index in [1.807, 2.05) is 0 Å². The molecule has 0 aliphatic heterocycles. The van der Waals surface area contributed by atoms with Gasteiger partial charge in [-0.15, -0.1) is 0 Å². The van der Waals surface area contributed by atoms with Crippen LogP contribution in [-0.4, -0.2) is 43.9 Å². The molecule has 0 amide bonds. The average Bonchev–Trinajstić information content (AvgIpc) is 1.82. The van der Waals surface area contributed by atoms with Crippen LogP contribution in [0.4, 0.5) is 0 Å². The molecular weight excluding hydrogens is 326 g/mol.